The van der Waals surface area contributed by atoms with Gasteiger partial charge in [-0.1, -0.05) is 133 Å². The van der Waals surface area contributed by atoms with Crippen molar-refractivity contribution < 1.29 is 4.74 Å². The maximum atomic E-state index is 7.49. The minimum atomic E-state index is -0.653. The smallest absolute Gasteiger partial charge is 0.135 e. The Bertz CT molecular complexity index is 1880. The van der Waals surface area contributed by atoms with E-state index in [1.54, 1.807) is 0 Å². The SMILES string of the molecule is Cc1cc(C(C)(C)C)cc2c1-c1c(Oc3cc(C(C)(C)C)cc4c3-c3c(C)cc(C(C)(C)C)cc3C4(C)N)cc(C(C)(C)C)cc1C2(C)C. The molecule has 2 aliphatic carbocycles. The summed E-state index contributed by atoms with van der Waals surface area (Å²) in [5.41, 5.74) is 24.3. The average molecular weight is 656 g/mol. The molecule has 0 bridgehead atoms. The molecule has 2 aliphatic rings. The first-order valence-electron chi connectivity index (χ1n) is 18.3. The van der Waals surface area contributed by atoms with Gasteiger partial charge in [0.15, 0.2) is 0 Å². The second-order valence-electron chi connectivity index (χ2n) is 20.2. The summed E-state index contributed by atoms with van der Waals surface area (Å²) >= 11 is 0. The van der Waals surface area contributed by atoms with Gasteiger partial charge in [0.05, 0.1) is 5.54 Å². The number of ether oxygens (including phenoxy) is 1. The zero-order valence-electron chi connectivity index (χ0n) is 33.6. The number of hydrogen-bond donors (Lipinski definition) is 1. The van der Waals surface area contributed by atoms with Crippen molar-refractivity contribution in [3.8, 4) is 33.8 Å². The molecule has 0 saturated carbocycles. The standard InChI is InChI=1S/C47H61NO/c1-26-18-28(42(3,4)5)20-32-38(26)40-33(46(32,15)16)21-30(44(9,10)11)24-36(40)49-37-25-31(45(12,13)14)23-35-41(37)39-27(2)19-29(43(6,7)8)22-34(39)47(35,17)48/h18-25H,48H2,1-17H3. The van der Waals surface area contributed by atoms with E-state index in [-0.39, 0.29) is 27.1 Å². The van der Waals surface area contributed by atoms with Gasteiger partial charge in [-0.25, -0.2) is 0 Å². The van der Waals surface area contributed by atoms with Crippen molar-refractivity contribution in [1.82, 2.24) is 0 Å². The second-order valence-corrected chi connectivity index (χ2v) is 20.2. The lowest BCUT2D eigenvalue weighted by Crippen LogP contribution is -2.32. The fourth-order valence-electron chi connectivity index (χ4n) is 8.09. The molecule has 0 saturated heterocycles. The molecule has 49 heavy (non-hydrogen) atoms. The summed E-state index contributed by atoms with van der Waals surface area (Å²) in [6, 6.07) is 19.0. The Balaban J connectivity index is 1.69. The lowest BCUT2D eigenvalue weighted by atomic mass is 9.77. The molecule has 2 heteroatoms. The Morgan fingerprint density at radius 2 is 0.714 bits per heavy atom. The van der Waals surface area contributed by atoms with Crippen LogP contribution in [-0.2, 0) is 32.6 Å². The van der Waals surface area contributed by atoms with Crippen molar-refractivity contribution in [3.05, 3.63) is 104 Å². The zero-order valence-corrected chi connectivity index (χ0v) is 33.6. The highest BCUT2D eigenvalue weighted by molar-refractivity contribution is 5.91. The van der Waals surface area contributed by atoms with Gasteiger partial charge in [0.1, 0.15) is 11.5 Å². The maximum absolute atomic E-state index is 7.49. The zero-order chi connectivity index (χ0) is 36.6. The summed E-state index contributed by atoms with van der Waals surface area (Å²) in [5.74, 6) is 1.83. The largest absolute Gasteiger partial charge is 0.456 e. The molecule has 1 unspecified atom stereocenters. The molecule has 0 amide bonds. The fourth-order valence-corrected chi connectivity index (χ4v) is 8.09. The van der Waals surface area contributed by atoms with E-state index in [4.69, 9.17) is 10.5 Å². The number of fused-ring (bicyclic) bond motifs is 6. The Hall–Kier alpha value is -3.36. The third kappa shape index (κ3) is 5.58. The fraction of sp³-hybridized carbons (Fsp3) is 0.489. The number of benzene rings is 4. The summed E-state index contributed by atoms with van der Waals surface area (Å²) in [5, 5.41) is 0. The number of hydrogen-bond acceptors (Lipinski definition) is 2. The number of rotatable bonds is 2. The van der Waals surface area contributed by atoms with Crippen LogP contribution in [0.4, 0.5) is 0 Å². The van der Waals surface area contributed by atoms with Gasteiger partial charge >= 0.3 is 0 Å². The van der Waals surface area contributed by atoms with Crippen molar-refractivity contribution >= 4 is 0 Å². The van der Waals surface area contributed by atoms with E-state index < -0.39 is 5.54 Å². The van der Waals surface area contributed by atoms with Crippen molar-refractivity contribution in [2.45, 2.75) is 150 Å². The van der Waals surface area contributed by atoms with E-state index in [2.05, 4.69) is 166 Å². The third-order valence-electron chi connectivity index (χ3n) is 11.5. The summed E-state index contributed by atoms with van der Waals surface area (Å²) in [7, 11) is 0. The molecule has 260 valence electrons. The maximum Gasteiger partial charge on any atom is 0.135 e. The van der Waals surface area contributed by atoms with Crippen LogP contribution in [0.5, 0.6) is 11.5 Å². The third-order valence-corrected chi connectivity index (χ3v) is 11.5. The van der Waals surface area contributed by atoms with Crippen molar-refractivity contribution in [2.24, 2.45) is 5.73 Å². The lowest BCUT2D eigenvalue weighted by Gasteiger charge is -2.28. The predicted octanol–water partition coefficient (Wildman–Crippen LogP) is 12.8. The van der Waals surface area contributed by atoms with Gasteiger partial charge in [0.25, 0.3) is 0 Å². The summed E-state index contributed by atoms with van der Waals surface area (Å²) in [6.07, 6.45) is 0. The first-order chi connectivity index (χ1) is 22.1. The highest BCUT2D eigenvalue weighted by Gasteiger charge is 2.43. The summed E-state index contributed by atoms with van der Waals surface area (Å²) < 4.78 is 7.49. The van der Waals surface area contributed by atoms with Crippen LogP contribution in [0.15, 0.2) is 48.5 Å². The number of aryl methyl sites for hydroxylation is 2. The van der Waals surface area contributed by atoms with Gasteiger partial charge in [-0.05, 0) is 121 Å². The quantitative estimate of drug-likeness (QED) is 0.233. The minimum absolute atomic E-state index is 0.0133. The Labute approximate surface area is 297 Å². The Morgan fingerprint density at radius 3 is 1.10 bits per heavy atom. The predicted molar refractivity (Wildman–Crippen MR) is 211 cm³/mol. The molecule has 1 atom stereocenters. The summed E-state index contributed by atoms with van der Waals surface area (Å²) in [6.45, 7) is 39.1. The van der Waals surface area contributed by atoms with Gasteiger partial charge in [-0.3, -0.25) is 0 Å². The van der Waals surface area contributed by atoms with Crippen LogP contribution in [0.3, 0.4) is 0 Å². The molecule has 0 spiro atoms. The van der Waals surface area contributed by atoms with Crippen LogP contribution in [-0.4, -0.2) is 0 Å². The molecule has 2 nitrogen and oxygen atoms in total. The van der Waals surface area contributed by atoms with Crippen LogP contribution in [0.1, 0.15) is 159 Å². The molecule has 0 aromatic heterocycles. The Kier molecular flexibility index (Phi) is 7.66. The highest BCUT2D eigenvalue weighted by Crippen LogP contribution is 2.58. The molecular weight excluding hydrogens is 595 g/mol. The Morgan fingerprint density at radius 1 is 0.429 bits per heavy atom. The van der Waals surface area contributed by atoms with Gasteiger partial charge in [-0.15, -0.1) is 0 Å². The average Bonchev–Trinajstić information content (AvgIpc) is 3.31. The minimum Gasteiger partial charge on any atom is -0.456 e. The van der Waals surface area contributed by atoms with E-state index >= 15 is 0 Å². The van der Waals surface area contributed by atoms with Crippen molar-refractivity contribution in [2.75, 3.05) is 0 Å². The highest BCUT2D eigenvalue weighted by atomic mass is 16.5. The normalized spacial score (nSPS) is 18.2. The molecule has 0 heterocycles. The molecule has 0 radical (unpaired) electrons. The molecule has 4 aromatic rings. The first kappa shape index (κ1) is 35.5. The lowest BCUT2D eigenvalue weighted by molar-refractivity contribution is 0.475. The molecular formula is C47H61NO. The van der Waals surface area contributed by atoms with Crippen LogP contribution >= 0.6 is 0 Å². The van der Waals surface area contributed by atoms with Crippen LogP contribution < -0.4 is 10.5 Å². The van der Waals surface area contributed by atoms with Gasteiger partial charge in [-0.2, -0.15) is 0 Å². The number of nitrogens with two attached hydrogens (primary N) is 1. The second kappa shape index (κ2) is 10.6. The molecule has 0 fully saturated rings. The van der Waals surface area contributed by atoms with Crippen molar-refractivity contribution in [1.29, 1.82) is 0 Å². The molecule has 2 N–H and O–H groups in total. The van der Waals surface area contributed by atoms with Crippen LogP contribution in [0.25, 0.3) is 22.3 Å². The molecule has 0 aliphatic heterocycles. The van der Waals surface area contributed by atoms with E-state index in [9.17, 15) is 0 Å². The van der Waals surface area contributed by atoms with Crippen LogP contribution in [0.2, 0.25) is 0 Å². The monoisotopic (exact) mass is 655 g/mol. The summed E-state index contributed by atoms with van der Waals surface area (Å²) in [4.78, 5) is 0. The van der Waals surface area contributed by atoms with E-state index in [0.717, 1.165) is 22.6 Å². The van der Waals surface area contributed by atoms with Crippen LogP contribution in [0, 0.1) is 13.8 Å². The topological polar surface area (TPSA) is 35.2 Å². The molecule has 6 rings (SSSR count). The van der Waals surface area contributed by atoms with E-state index in [1.807, 2.05) is 0 Å². The first-order valence-corrected chi connectivity index (χ1v) is 18.3. The van der Waals surface area contributed by atoms with Gasteiger partial charge < -0.3 is 10.5 Å². The van der Waals surface area contributed by atoms with Gasteiger partial charge in [0.2, 0.25) is 0 Å². The van der Waals surface area contributed by atoms with Gasteiger partial charge in [0, 0.05) is 16.5 Å². The van der Waals surface area contributed by atoms with E-state index in [0.29, 0.717) is 0 Å². The van der Waals surface area contributed by atoms with E-state index in [1.165, 1.54) is 66.8 Å². The van der Waals surface area contributed by atoms with Crippen molar-refractivity contribution in [3.63, 3.8) is 0 Å². The molecule has 4 aromatic carbocycles.